The standard InChI is InChI=1S/C13H20O2/c1-15-13(14)7-12-10-5-4-9(6-11(10)12)8-2-3-8/h8-12H,2-7H2,1H3. The molecular weight excluding hydrogens is 188 g/mol. The van der Waals surface area contributed by atoms with E-state index in [2.05, 4.69) is 0 Å². The van der Waals surface area contributed by atoms with Crippen molar-refractivity contribution >= 4 is 5.97 Å². The van der Waals surface area contributed by atoms with Crippen LogP contribution in [0.4, 0.5) is 0 Å². The lowest BCUT2D eigenvalue weighted by molar-refractivity contribution is -0.141. The summed E-state index contributed by atoms with van der Waals surface area (Å²) in [6.07, 6.45) is 7.87. The van der Waals surface area contributed by atoms with Gasteiger partial charge in [-0.25, -0.2) is 0 Å². The number of fused-ring (bicyclic) bond motifs is 1. The molecule has 84 valence electrons. The first-order valence-electron chi connectivity index (χ1n) is 6.36. The smallest absolute Gasteiger partial charge is 0.305 e. The molecule has 0 aliphatic heterocycles. The van der Waals surface area contributed by atoms with Crippen molar-refractivity contribution in [2.75, 3.05) is 7.11 Å². The zero-order valence-electron chi connectivity index (χ0n) is 9.45. The van der Waals surface area contributed by atoms with Gasteiger partial charge in [0.05, 0.1) is 7.11 Å². The molecule has 3 fully saturated rings. The Morgan fingerprint density at radius 2 is 1.87 bits per heavy atom. The Kier molecular flexibility index (Phi) is 2.26. The SMILES string of the molecule is COC(=O)CC1C2CCC(C3CC3)CC21. The second kappa shape index (κ2) is 3.50. The van der Waals surface area contributed by atoms with Gasteiger partial charge in [-0.15, -0.1) is 0 Å². The third kappa shape index (κ3) is 1.79. The molecule has 0 aromatic rings. The summed E-state index contributed by atoms with van der Waals surface area (Å²) >= 11 is 0. The van der Waals surface area contributed by atoms with E-state index in [-0.39, 0.29) is 5.97 Å². The van der Waals surface area contributed by atoms with E-state index < -0.39 is 0 Å². The van der Waals surface area contributed by atoms with Crippen LogP contribution in [0.25, 0.3) is 0 Å². The number of esters is 1. The summed E-state index contributed by atoms with van der Waals surface area (Å²) in [5.41, 5.74) is 0. The van der Waals surface area contributed by atoms with Gasteiger partial charge in [-0.1, -0.05) is 0 Å². The van der Waals surface area contributed by atoms with Crippen LogP contribution in [-0.2, 0) is 9.53 Å². The van der Waals surface area contributed by atoms with Crippen LogP contribution in [0, 0.1) is 29.6 Å². The Labute approximate surface area is 91.4 Å². The van der Waals surface area contributed by atoms with Crippen LogP contribution in [0.2, 0.25) is 0 Å². The normalized spacial score (nSPS) is 43.3. The van der Waals surface area contributed by atoms with Crippen LogP contribution in [0.3, 0.4) is 0 Å². The molecule has 3 rings (SSSR count). The fourth-order valence-electron chi connectivity index (χ4n) is 3.75. The van der Waals surface area contributed by atoms with Crippen molar-refractivity contribution in [2.45, 2.75) is 38.5 Å². The van der Waals surface area contributed by atoms with Gasteiger partial charge in [-0.2, -0.15) is 0 Å². The van der Waals surface area contributed by atoms with Crippen molar-refractivity contribution in [3.05, 3.63) is 0 Å². The van der Waals surface area contributed by atoms with Gasteiger partial charge in [-0.05, 0) is 61.7 Å². The fraction of sp³-hybridized carbons (Fsp3) is 0.923. The Morgan fingerprint density at radius 1 is 1.13 bits per heavy atom. The first-order valence-corrected chi connectivity index (χ1v) is 6.36. The molecule has 0 N–H and O–H groups in total. The van der Waals surface area contributed by atoms with Crippen LogP contribution < -0.4 is 0 Å². The summed E-state index contributed by atoms with van der Waals surface area (Å²) in [6, 6.07) is 0. The molecule has 0 heterocycles. The van der Waals surface area contributed by atoms with Gasteiger partial charge in [-0.3, -0.25) is 4.79 Å². The summed E-state index contributed by atoms with van der Waals surface area (Å²) in [7, 11) is 1.50. The molecule has 4 atom stereocenters. The van der Waals surface area contributed by atoms with E-state index in [4.69, 9.17) is 4.74 Å². The lowest BCUT2D eigenvalue weighted by atomic mass is 9.86. The highest BCUT2D eigenvalue weighted by atomic mass is 16.5. The lowest BCUT2D eigenvalue weighted by Gasteiger charge is -2.20. The zero-order valence-corrected chi connectivity index (χ0v) is 9.45. The molecule has 2 heteroatoms. The number of rotatable bonds is 3. The molecule has 4 unspecified atom stereocenters. The summed E-state index contributed by atoms with van der Waals surface area (Å²) in [5, 5.41) is 0. The minimum absolute atomic E-state index is 0.00243. The average Bonchev–Trinajstić information content (AvgIpc) is 3.12. The van der Waals surface area contributed by atoms with Gasteiger partial charge in [0.25, 0.3) is 0 Å². The minimum atomic E-state index is -0.00243. The molecule has 2 nitrogen and oxygen atoms in total. The molecule has 0 radical (unpaired) electrons. The predicted octanol–water partition coefficient (Wildman–Crippen LogP) is 2.62. The predicted molar refractivity (Wildman–Crippen MR) is 57.2 cm³/mol. The summed E-state index contributed by atoms with van der Waals surface area (Å²) in [4.78, 5) is 11.2. The Hall–Kier alpha value is -0.530. The van der Waals surface area contributed by atoms with Gasteiger partial charge < -0.3 is 4.74 Å². The molecule has 0 spiro atoms. The van der Waals surface area contributed by atoms with Crippen molar-refractivity contribution < 1.29 is 9.53 Å². The zero-order chi connectivity index (χ0) is 10.4. The average molecular weight is 208 g/mol. The first-order chi connectivity index (χ1) is 7.29. The highest BCUT2D eigenvalue weighted by Gasteiger charge is 2.54. The number of methoxy groups -OCH3 is 1. The Bertz CT molecular complexity index is 270. The fourth-order valence-corrected chi connectivity index (χ4v) is 3.75. The third-order valence-corrected chi connectivity index (χ3v) is 4.87. The van der Waals surface area contributed by atoms with E-state index in [0.717, 1.165) is 23.7 Å². The van der Waals surface area contributed by atoms with Crippen molar-refractivity contribution in [2.24, 2.45) is 29.6 Å². The van der Waals surface area contributed by atoms with E-state index in [0.29, 0.717) is 12.3 Å². The number of carbonyl (C=O) groups excluding carboxylic acids is 1. The monoisotopic (exact) mass is 208 g/mol. The number of hydrogen-bond donors (Lipinski definition) is 0. The van der Waals surface area contributed by atoms with Crippen molar-refractivity contribution in [1.29, 1.82) is 0 Å². The van der Waals surface area contributed by atoms with Crippen molar-refractivity contribution in [3.8, 4) is 0 Å². The highest BCUT2D eigenvalue weighted by molar-refractivity contribution is 5.70. The topological polar surface area (TPSA) is 26.3 Å². The van der Waals surface area contributed by atoms with Gasteiger partial charge in [0, 0.05) is 6.42 Å². The van der Waals surface area contributed by atoms with Crippen molar-refractivity contribution in [3.63, 3.8) is 0 Å². The number of ether oxygens (including phenoxy) is 1. The lowest BCUT2D eigenvalue weighted by Crippen LogP contribution is -2.09. The maximum Gasteiger partial charge on any atom is 0.305 e. The molecule has 0 bridgehead atoms. The quantitative estimate of drug-likeness (QED) is 0.666. The van der Waals surface area contributed by atoms with E-state index in [9.17, 15) is 4.79 Å². The van der Waals surface area contributed by atoms with Gasteiger partial charge >= 0.3 is 5.97 Å². The number of hydrogen-bond acceptors (Lipinski definition) is 2. The summed E-state index contributed by atoms with van der Waals surface area (Å²) in [5.74, 6) is 4.50. The molecule has 0 aromatic carbocycles. The largest absolute Gasteiger partial charge is 0.469 e. The molecular formula is C13H20O2. The number of carbonyl (C=O) groups is 1. The van der Waals surface area contributed by atoms with Crippen LogP contribution in [0.5, 0.6) is 0 Å². The maximum atomic E-state index is 11.2. The molecule has 15 heavy (non-hydrogen) atoms. The second-order valence-corrected chi connectivity index (χ2v) is 5.68. The summed E-state index contributed by atoms with van der Waals surface area (Å²) in [6.45, 7) is 0. The highest BCUT2D eigenvalue weighted by Crippen LogP contribution is 2.61. The molecule has 3 aliphatic rings. The van der Waals surface area contributed by atoms with Gasteiger partial charge in [0.2, 0.25) is 0 Å². The van der Waals surface area contributed by atoms with Crippen molar-refractivity contribution in [1.82, 2.24) is 0 Å². The van der Waals surface area contributed by atoms with Crippen LogP contribution in [-0.4, -0.2) is 13.1 Å². The first kappa shape index (κ1) is 9.68. The van der Waals surface area contributed by atoms with Crippen LogP contribution in [0.15, 0.2) is 0 Å². The summed E-state index contributed by atoms with van der Waals surface area (Å²) < 4.78 is 4.75. The van der Waals surface area contributed by atoms with Crippen LogP contribution in [0.1, 0.15) is 38.5 Å². The molecule has 3 aliphatic carbocycles. The maximum absolute atomic E-state index is 11.2. The molecule has 0 saturated heterocycles. The van der Waals surface area contributed by atoms with Gasteiger partial charge in [0.1, 0.15) is 0 Å². The van der Waals surface area contributed by atoms with E-state index in [1.54, 1.807) is 0 Å². The molecule has 3 saturated carbocycles. The van der Waals surface area contributed by atoms with E-state index in [1.165, 1.54) is 39.2 Å². The third-order valence-electron chi connectivity index (χ3n) is 4.87. The van der Waals surface area contributed by atoms with E-state index >= 15 is 0 Å². The van der Waals surface area contributed by atoms with E-state index in [1.807, 2.05) is 0 Å². The Morgan fingerprint density at radius 3 is 2.53 bits per heavy atom. The van der Waals surface area contributed by atoms with Gasteiger partial charge in [0.15, 0.2) is 0 Å². The molecule has 0 amide bonds. The second-order valence-electron chi connectivity index (χ2n) is 5.68. The Balaban J connectivity index is 1.52. The van der Waals surface area contributed by atoms with Crippen LogP contribution >= 0.6 is 0 Å². The molecule has 0 aromatic heterocycles. The minimum Gasteiger partial charge on any atom is -0.469 e.